The van der Waals surface area contributed by atoms with Gasteiger partial charge in [-0.25, -0.2) is 0 Å². The number of phenols is 2. The Morgan fingerprint density at radius 1 is 0.882 bits per heavy atom. The number of allylic oxidation sites excluding steroid dienone is 1. The van der Waals surface area contributed by atoms with E-state index in [9.17, 15) is 10.2 Å². The van der Waals surface area contributed by atoms with E-state index in [1.54, 1.807) is 12.1 Å². The van der Waals surface area contributed by atoms with Gasteiger partial charge in [0.25, 0.3) is 0 Å². The molecule has 2 heteroatoms. The SMILES string of the molecule is Oc1cccc(C/C=C/c2ccccc2)c1O. The number of hydrogen-bond donors (Lipinski definition) is 2. The van der Waals surface area contributed by atoms with E-state index in [-0.39, 0.29) is 11.5 Å². The molecule has 0 aliphatic heterocycles. The summed E-state index contributed by atoms with van der Waals surface area (Å²) in [5.74, 6) is -0.110. The van der Waals surface area contributed by atoms with Gasteiger partial charge in [0, 0.05) is 5.56 Å². The van der Waals surface area contributed by atoms with Crippen molar-refractivity contribution in [3.05, 3.63) is 65.7 Å². The molecule has 0 fully saturated rings. The van der Waals surface area contributed by atoms with E-state index in [2.05, 4.69) is 0 Å². The van der Waals surface area contributed by atoms with Crippen LogP contribution in [0.15, 0.2) is 54.6 Å². The van der Waals surface area contributed by atoms with E-state index in [0.29, 0.717) is 6.42 Å². The van der Waals surface area contributed by atoms with E-state index in [0.717, 1.165) is 11.1 Å². The monoisotopic (exact) mass is 226 g/mol. The molecule has 0 radical (unpaired) electrons. The Morgan fingerprint density at radius 3 is 2.41 bits per heavy atom. The summed E-state index contributed by atoms with van der Waals surface area (Å²) in [6, 6.07) is 14.9. The van der Waals surface area contributed by atoms with Gasteiger partial charge >= 0.3 is 0 Å². The lowest BCUT2D eigenvalue weighted by Crippen LogP contribution is -1.82. The highest BCUT2D eigenvalue weighted by Gasteiger charge is 2.02. The van der Waals surface area contributed by atoms with Crippen LogP contribution in [0.3, 0.4) is 0 Å². The third-order valence-corrected chi connectivity index (χ3v) is 2.55. The zero-order valence-electron chi connectivity index (χ0n) is 9.38. The zero-order chi connectivity index (χ0) is 12.1. The largest absolute Gasteiger partial charge is 0.504 e. The van der Waals surface area contributed by atoms with Gasteiger partial charge in [-0.2, -0.15) is 0 Å². The Bertz CT molecular complexity index is 516. The summed E-state index contributed by atoms with van der Waals surface area (Å²) in [5.41, 5.74) is 1.84. The van der Waals surface area contributed by atoms with Gasteiger partial charge in [0.2, 0.25) is 0 Å². The molecule has 2 aromatic rings. The van der Waals surface area contributed by atoms with Gasteiger partial charge in [-0.05, 0) is 18.1 Å². The first-order valence-electron chi connectivity index (χ1n) is 5.49. The molecule has 0 aromatic heterocycles. The third kappa shape index (κ3) is 2.88. The van der Waals surface area contributed by atoms with Gasteiger partial charge in [-0.3, -0.25) is 0 Å². The number of benzene rings is 2. The van der Waals surface area contributed by atoms with Gasteiger partial charge in [-0.1, -0.05) is 54.6 Å². The summed E-state index contributed by atoms with van der Waals surface area (Å²) in [6.45, 7) is 0. The summed E-state index contributed by atoms with van der Waals surface area (Å²) >= 11 is 0. The fraction of sp³-hybridized carbons (Fsp3) is 0.0667. The minimum atomic E-state index is -0.0735. The molecule has 0 unspecified atom stereocenters. The standard InChI is InChI=1S/C15H14O2/c16-14-11-5-10-13(15(14)17)9-4-8-12-6-2-1-3-7-12/h1-8,10-11,16-17H,9H2/b8-4+. The molecule has 17 heavy (non-hydrogen) atoms. The van der Waals surface area contributed by atoms with Crippen molar-refractivity contribution < 1.29 is 10.2 Å². The van der Waals surface area contributed by atoms with E-state index in [1.165, 1.54) is 6.07 Å². The lowest BCUT2D eigenvalue weighted by atomic mass is 10.1. The van der Waals surface area contributed by atoms with Crippen molar-refractivity contribution in [3.63, 3.8) is 0 Å². The van der Waals surface area contributed by atoms with Crippen LogP contribution in [0.25, 0.3) is 6.08 Å². The predicted octanol–water partition coefficient (Wildman–Crippen LogP) is 3.35. The van der Waals surface area contributed by atoms with Crippen LogP contribution < -0.4 is 0 Å². The van der Waals surface area contributed by atoms with Crippen LogP contribution in [0.4, 0.5) is 0 Å². The fourth-order valence-electron chi connectivity index (χ4n) is 1.63. The van der Waals surface area contributed by atoms with Gasteiger partial charge in [-0.15, -0.1) is 0 Å². The molecule has 0 saturated heterocycles. The molecule has 0 amide bonds. The summed E-state index contributed by atoms with van der Waals surface area (Å²) in [5, 5.41) is 19.0. The molecule has 2 aromatic carbocycles. The maximum Gasteiger partial charge on any atom is 0.160 e. The lowest BCUT2D eigenvalue weighted by Gasteiger charge is -2.02. The van der Waals surface area contributed by atoms with Crippen LogP contribution in [-0.2, 0) is 6.42 Å². The van der Waals surface area contributed by atoms with Crippen LogP contribution >= 0.6 is 0 Å². The average molecular weight is 226 g/mol. The summed E-state index contributed by atoms with van der Waals surface area (Å²) in [7, 11) is 0. The van der Waals surface area contributed by atoms with Gasteiger partial charge in [0.1, 0.15) is 0 Å². The van der Waals surface area contributed by atoms with Gasteiger partial charge < -0.3 is 10.2 Å². The Balaban J connectivity index is 2.08. The van der Waals surface area contributed by atoms with Crippen molar-refractivity contribution in [3.8, 4) is 11.5 Å². The number of aromatic hydroxyl groups is 2. The fourth-order valence-corrected chi connectivity index (χ4v) is 1.63. The number of hydrogen-bond acceptors (Lipinski definition) is 2. The summed E-state index contributed by atoms with van der Waals surface area (Å²) in [6.07, 6.45) is 4.54. The van der Waals surface area contributed by atoms with Gasteiger partial charge in [0.05, 0.1) is 0 Å². The number of para-hydroxylation sites is 1. The first kappa shape index (κ1) is 11.3. The normalized spacial score (nSPS) is 10.8. The quantitative estimate of drug-likeness (QED) is 0.788. The number of phenolic OH excluding ortho intramolecular Hbond substituents is 2. The van der Waals surface area contributed by atoms with E-state index < -0.39 is 0 Å². The molecule has 0 bridgehead atoms. The smallest absolute Gasteiger partial charge is 0.160 e. The molecule has 0 saturated carbocycles. The predicted molar refractivity (Wildman–Crippen MR) is 69.0 cm³/mol. The Hall–Kier alpha value is -2.22. The molecule has 2 nitrogen and oxygen atoms in total. The second-order valence-electron chi connectivity index (χ2n) is 3.80. The molecular formula is C15H14O2. The Morgan fingerprint density at radius 2 is 1.65 bits per heavy atom. The van der Waals surface area contributed by atoms with Crippen LogP contribution in [0, 0.1) is 0 Å². The van der Waals surface area contributed by atoms with Gasteiger partial charge in [0.15, 0.2) is 11.5 Å². The Kier molecular flexibility index (Phi) is 3.46. The summed E-state index contributed by atoms with van der Waals surface area (Å²) in [4.78, 5) is 0. The molecule has 0 aliphatic carbocycles. The number of rotatable bonds is 3. The average Bonchev–Trinajstić information content (AvgIpc) is 2.36. The van der Waals surface area contributed by atoms with Crippen LogP contribution in [0.5, 0.6) is 11.5 Å². The zero-order valence-corrected chi connectivity index (χ0v) is 9.38. The highest BCUT2D eigenvalue weighted by Crippen LogP contribution is 2.28. The molecule has 0 aliphatic rings. The first-order valence-corrected chi connectivity index (χ1v) is 5.49. The van der Waals surface area contributed by atoms with Crippen LogP contribution in [-0.4, -0.2) is 10.2 Å². The van der Waals surface area contributed by atoms with Crippen molar-refractivity contribution >= 4 is 6.08 Å². The van der Waals surface area contributed by atoms with Crippen molar-refractivity contribution in [2.24, 2.45) is 0 Å². The molecule has 2 N–H and O–H groups in total. The first-order chi connectivity index (χ1) is 8.27. The van der Waals surface area contributed by atoms with Crippen LogP contribution in [0.2, 0.25) is 0 Å². The molecular weight excluding hydrogens is 212 g/mol. The minimum absolute atomic E-state index is 0.0368. The van der Waals surface area contributed by atoms with Crippen molar-refractivity contribution in [1.29, 1.82) is 0 Å². The van der Waals surface area contributed by atoms with E-state index >= 15 is 0 Å². The van der Waals surface area contributed by atoms with Crippen LogP contribution in [0.1, 0.15) is 11.1 Å². The molecule has 0 spiro atoms. The van der Waals surface area contributed by atoms with E-state index in [1.807, 2.05) is 42.5 Å². The highest BCUT2D eigenvalue weighted by molar-refractivity contribution is 5.51. The second kappa shape index (κ2) is 5.21. The third-order valence-electron chi connectivity index (χ3n) is 2.55. The highest BCUT2D eigenvalue weighted by atomic mass is 16.3. The van der Waals surface area contributed by atoms with Crippen molar-refractivity contribution in [2.45, 2.75) is 6.42 Å². The van der Waals surface area contributed by atoms with Crippen molar-refractivity contribution in [1.82, 2.24) is 0 Å². The lowest BCUT2D eigenvalue weighted by molar-refractivity contribution is 0.400. The maximum atomic E-state index is 9.61. The minimum Gasteiger partial charge on any atom is -0.504 e. The Labute approximate surface area is 100 Å². The van der Waals surface area contributed by atoms with E-state index in [4.69, 9.17) is 0 Å². The molecule has 86 valence electrons. The molecule has 0 heterocycles. The maximum absolute atomic E-state index is 9.61. The molecule has 0 atom stereocenters. The second-order valence-corrected chi connectivity index (χ2v) is 3.80. The summed E-state index contributed by atoms with van der Waals surface area (Å²) < 4.78 is 0. The van der Waals surface area contributed by atoms with Crippen molar-refractivity contribution in [2.75, 3.05) is 0 Å². The molecule has 2 rings (SSSR count). The topological polar surface area (TPSA) is 40.5 Å².